The lowest BCUT2D eigenvalue weighted by Crippen LogP contribution is -2.64. The molecule has 1 aromatic carbocycles. The van der Waals surface area contributed by atoms with E-state index in [2.05, 4.69) is 15.0 Å². The maximum atomic E-state index is 13.4. The van der Waals surface area contributed by atoms with Gasteiger partial charge in [0.2, 0.25) is 5.91 Å². The molecule has 9 nitrogen and oxygen atoms in total. The van der Waals surface area contributed by atoms with Gasteiger partial charge in [-0.25, -0.2) is 9.79 Å². The highest BCUT2D eigenvalue weighted by molar-refractivity contribution is 6.02. The Morgan fingerprint density at radius 2 is 1.62 bits per heavy atom. The number of ether oxygens (including phenoxy) is 1. The van der Waals surface area contributed by atoms with Gasteiger partial charge >= 0.3 is 18.4 Å². The number of nitrogens with one attached hydrogen (secondary N) is 1. The number of fused-ring (bicyclic) bond motifs is 1. The van der Waals surface area contributed by atoms with Gasteiger partial charge in [-0.15, -0.1) is 0 Å². The number of rotatable bonds is 5. The van der Waals surface area contributed by atoms with Gasteiger partial charge in [0, 0.05) is 32.5 Å². The largest absolute Gasteiger partial charge is 0.430 e. The minimum absolute atomic E-state index is 0.0878. The molecule has 2 aliphatic heterocycles. The molecule has 186 valence electrons. The fourth-order valence-electron chi connectivity index (χ4n) is 3.83. The first-order valence-corrected chi connectivity index (χ1v) is 9.58. The van der Waals surface area contributed by atoms with Crippen molar-refractivity contribution >= 4 is 29.9 Å². The monoisotopic (exact) mass is 495 g/mol. The molecule has 4 amide bonds. The summed E-state index contributed by atoms with van der Waals surface area (Å²) in [7, 11) is 3.02. The van der Waals surface area contributed by atoms with Crippen molar-refractivity contribution in [1.29, 1.82) is 0 Å². The molecule has 1 aromatic rings. The van der Waals surface area contributed by atoms with Gasteiger partial charge in [0.05, 0.1) is 12.9 Å². The molecule has 0 saturated carbocycles. The molecule has 1 fully saturated rings. The lowest BCUT2D eigenvalue weighted by Gasteiger charge is -2.39. The smallest absolute Gasteiger partial charge is 0.357 e. The molecule has 2 aliphatic rings. The Morgan fingerprint density at radius 1 is 1.06 bits per heavy atom. The Bertz CT molecular complexity index is 996. The Morgan fingerprint density at radius 3 is 2.12 bits per heavy atom. The number of hydrogen-bond acceptors (Lipinski definition) is 6. The van der Waals surface area contributed by atoms with Gasteiger partial charge in [-0.2, -0.15) is 26.3 Å². The minimum atomic E-state index is -5.80. The van der Waals surface area contributed by atoms with E-state index in [1.165, 1.54) is 30.2 Å². The van der Waals surface area contributed by atoms with Crippen molar-refractivity contribution in [2.24, 2.45) is 4.99 Å². The van der Waals surface area contributed by atoms with Crippen molar-refractivity contribution in [2.75, 3.05) is 33.1 Å². The summed E-state index contributed by atoms with van der Waals surface area (Å²) in [5, 5.41) is 2.33. The number of amides is 4. The van der Waals surface area contributed by atoms with Crippen molar-refractivity contribution in [1.82, 2.24) is 14.7 Å². The van der Waals surface area contributed by atoms with E-state index in [-0.39, 0.29) is 5.69 Å². The number of likely N-dealkylation sites (N-methyl/N-ethyl adjacent to an activating group) is 2. The zero-order chi connectivity index (χ0) is 25.6. The Labute approximate surface area is 188 Å². The molecule has 0 aromatic heterocycles. The van der Waals surface area contributed by atoms with E-state index in [1.54, 1.807) is 0 Å². The first kappa shape index (κ1) is 25.3. The fourth-order valence-corrected chi connectivity index (χ4v) is 3.83. The lowest BCUT2D eigenvalue weighted by molar-refractivity contribution is -0.383. The number of hydrogen-bond donors (Lipinski definition) is 1. The minimum Gasteiger partial charge on any atom is -0.357 e. The van der Waals surface area contributed by atoms with Crippen LogP contribution >= 0.6 is 0 Å². The summed E-state index contributed by atoms with van der Waals surface area (Å²) in [4.78, 5) is 44.3. The van der Waals surface area contributed by atoms with Gasteiger partial charge in [0.25, 0.3) is 11.5 Å². The van der Waals surface area contributed by atoms with Crippen LogP contribution in [0.2, 0.25) is 0 Å². The summed E-state index contributed by atoms with van der Waals surface area (Å²) in [6, 6.07) is 1.30. The van der Waals surface area contributed by atoms with Crippen LogP contribution in [0.15, 0.2) is 29.3 Å². The molecule has 2 heterocycles. The number of urea groups is 1. The lowest BCUT2D eigenvalue weighted by atomic mass is 9.91. The van der Waals surface area contributed by atoms with Crippen molar-refractivity contribution in [3.63, 3.8) is 0 Å². The fraction of sp³-hybridized carbons (Fsp3) is 0.474. The van der Waals surface area contributed by atoms with E-state index in [1.807, 2.05) is 0 Å². The highest BCUT2D eigenvalue weighted by Gasteiger charge is 2.73. The molecule has 0 aliphatic carbocycles. The highest BCUT2D eigenvalue weighted by atomic mass is 19.4. The molecule has 15 heteroatoms. The normalized spacial score (nSPS) is 21.3. The number of halogens is 6. The van der Waals surface area contributed by atoms with Crippen LogP contribution in [0.25, 0.3) is 0 Å². The number of carbonyl (C=O) groups is 3. The molecule has 0 radical (unpaired) electrons. The summed E-state index contributed by atoms with van der Waals surface area (Å²) in [6.45, 7) is -0.416. The third-order valence-electron chi connectivity index (χ3n) is 5.58. The predicted molar refractivity (Wildman–Crippen MR) is 105 cm³/mol. The molecule has 34 heavy (non-hydrogen) atoms. The topological polar surface area (TPSA) is 94.5 Å². The van der Waals surface area contributed by atoms with Gasteiger partial charge in [-0.3, -0.25) is 14.5 Å². The number of nitrogens with zero attached hydrogens (tertiary/aromatic N) is 4. The molecule has 1 N–H and O–H groups in total. The number of aliphatic imine (C=N–C) groups is 1. The summed E-state index contributed by atoms with van der Waals surface area (Å²) < 4.78 is 84.0. The van der Waals surface area contributed by atoms with Crippen LogP contribution in [-0.4, -0.2) is 91.2 Å². The first-order valence-electron chi connectivity index (χ1n) is 9.58. The number of anilines is 1. The number of methoxy groups -OCH3 is 1. The van der Waals surface area contributed by atoms with E-state index < -0.39 is 60.1 Å². The molecule has 0 spiro atoms. The van der Waals surface area contributed by atoms with Crippen LogP contribution < -0.4 is 5.32 Å². The van der Waals surface area contributed by atoms with E-state index >= 15 is 0 Å². The molecule has 0 bridgehead atoms. The van der Waals surface area contributed by atoms with Crippen LogP contribution in [-0.2, 0) is 19.9 Å². The Hall–Kier alpha value is -3.36. The Kier molecular flexibility index (Phi) is 6.28. The van der Waals surface area contributed by atoms with Crippen LogP contribution in [0, 0.1) is 0 Å². The first-order chi connectivity index (χ1) is 15.7. The zero-order valence-corrected chi connectivity index (χ0v) is 17.9. The molecule has 1 saturated heterocycles. The number of benzene rings is 1. The van der Waals surface area contributed by atoms with Gasteiger partial charge in [-0.1, -0.05) is 12.1 Å². The molecule has 2 unspecified atom stereocenters. The SMILES string of the molecule is COC(c1ccc(NC(=O)CN2C=NC3C2C(=O)N(C)C(=O)N3C)cc1)(C(F)(F)F)C(F)(F)F. The summed E-state index contributed by atoms with van der Waals surface area (Å²) in [6.07, 6.45) is -11.2. The van der Waals surface area contributed by atoms with Gasteiger partial charge in [0.1, 0.15) is 0 Å². The van der Waals surface area contributed by atoms with Crippen molar-refractivity contribution in [3.05, 3.63) is 29.8 Å². The molecular weight excluding hydrogens is 476 g/mol. The van der Waals surface area contributed by atoms with Gasteiger partial charge in [-0.05, 0) is 12.1 Å². The maximum absolute atomic E-state index is 13.4. The average Bonchev–Trinajstić information content (AvgIpc) is 3.14. The second kappa shape index (κ2) is 8.45. The summed E-state index contributed by atoms with van der Waals surface area (Å²) in [5.41, 5.74) is -5.85. The standard InChI is InChI=1S/C19H19F6N5O4/c1-28-14-13(15(32)29(2)16(28)33)30(9-26-14)8-12(31)27-11-6-4-10(5-7-11)17(34-3,18(20,21)22)19(23,24)25/h4-7,9,13-14H,8H2,1-3H3,(H,27,31). The third kappa shape index (κ3) is 3.93. The summed E-state index contributed by atoms with van der Waals surface area (Å²) >= 11 is 0. The van der Waals surface area contributed by atoms with E-state index in [4.69, 9.17) is 0 Å². The zero-order valence-electron chi connectivity index (χ0n) is 17.9. The number of carbonyl (C=O) groups excluding carboxylic acids is 3. The van der Waals surface area contributed by atoms with Crippen LogP contribution in [0.5, 0.6) is 0 Å². The molecule has 3 rings (SSSR count). The van der Waals surface area contributed by atoms with E-state index in [0.29, 0.717) is 19.2 Å². The third-order valence-corrected chi connectivity index (χ3v) is 5.58. The van der Waals surface area contributed by atoms with Crippen LogP contribution in [0.1, 0.15) is 5.56 Å². The summed E-state index contributed by atoms with van der Waals surface area (Å²) in [5.74, 6) is -1.31. The maximum Gasteiger partial charge on any atom is 0.430 e. The van der Waals surface area contributed by atoms with Crippen molar-refractivity contribution < 1.29 is 45.5 Å². The second-order valence-corrected chi connectivity index (χ2v) is 7.59. The van der Waals surface area contributed by atoms with Gasteiger partial charge < -0.3 is 19.9 Å². The van der Waals surface area contributed by atoms with Crippen molar-refractivity contribution in [2.45, 2.75) is 30.2 Å². The highest BCUT2D eigenvalue weighted by Crippen LogP contribution is 2.52. The van der Waals surface area contributed by atoms with Gasteiger partial charge in [0.15, 0.2) is 12.2 Å². The average molecular weight is 495 g/mol. The van der Waals surface area contributed by atoms with E-state index in [0.717, 1.165) is 17.0 Å². The van der Waals surface area contributed by atoms with E-state index in [9.17, 15) is 40.7 Å². The predicted octanol–water partition coefficient (Wildman–Crippen LogP) is 2.15. The van der Waals surface area contributed by atoms with Crippen LogP contribution in [0.4, 0.5) is 36.8 Å². The Balaban J connectivity index is 1.74. The number of imide groups is 1. The quantitative estimate of drug-likeness (QED) is 0.632. The van der Waals surface area contributed by atoms with Crippen LogP contribution in [0.3, 0.4) is 0 Å². The number of alkyl halides is 6. The molecule has 2 atom stereocenters. The second-order valence-electron chi connectivity index (χ2n) is 7.59. The molecular formula is C19H19F6N5O4. The van der Waals surface area contributed by atoms with Crippen molar-refractivity contribution in [3.8, 4) is 0 Å².